The molecule has 0 spiro atoms. The average Bonchev–Trinajstić information content (AvgIpc) is 2.99. The van der Waals surface area contributed by atoms with Crippen molar-refractivity contribution in [1.29, 1.82) is 0 Å². The van der Waals surface area contributed by atoms with Gasteiger partial charge in [-0.1, -0.05) is 60.9 Å². The fourth-order valence-electron chi connectivity index (χ4n) is 2.90. The summed E-state index contributed by atoms with van der Waals surface area (Å²) in [4.78, 5) is 2.28. The lowest BCUT2D eigenvalue weighted by atomic mass is 9.89. The normalized spacial score (nSPS) is 16.2. The molecule has 0 atom stereocenters. The Balaban J connectivity index is 1.66. The lowest BCUT2D eigenvalue weighted by Crippen LogP contribution is -2.26. The predicted molar refractivity (Wildman–Crippen MR) is 85.2 cm³/mol. The van der Waals surface area contributed by atoms with Crippen molar-refractivity contribution in [2.45, 2.75) is 32.1 Å². The molecule has 0 amide bonds. The Morgan fingerprint density at radius 1 is 1.10 bits per heavy atom. The average molecular weight is 287 g/mol. The summed E-state index contributed by atoms with van der Waals surface area (Å²) in [5.41, 5.74) is 1.15. The minimum atomic E-state index is 0.831. The van der Waals surface area contributed by atoms with E-state index in [0.717, 1.165) is 28.2 Å². The van der Waals surface area contributed by atoms with E-state index in [1.165, 1.54) is 32.1 Å². The molecule has 106 valence electrons. The van der Waals surface area contributed by atoms with Gasteiger partial charge in [0, 0.05) is 19.2 Å². The number of nitrogens with zero attached hydrogens (tertiary/aromatic N) is 3. The van der Waals surface area contributed by atoms with Crippen molar-refractivity contribution in [3.63, 3.8) is 0 Å². The molecular weight excluding hydrogens is 266 g/mol. The van der Waals surface area contributed by atoms with Crippen LogP contribution < -0.4 is 4.90 Å². The number of rotatable bonds is 4. The molecule has 1 heterocycles. The lowest BCUT2D eigenvalue weighted by molar-refractivity contribution is 0.362. The molecule has 1 fully saturated rings. The van der Waals surface area contributed by atoms with Crippen LogP contribution in [-0.4, -0.2) is 23.8 Å². The van der Waals surface area contributed by atoms with E-state index in [1.807, 2.05) is 18.2 Å². The molecule has 3 nitrogen and oxygen atoms in total. The maximum absolute atomic E-state index is 4.35. The number of aromatic nitrogens is 2. The first-order valence-corrected chi connectivity index (χ1v) is 8.24. The van der Waals surface area contributed by atoms with Crippen LogP contribution in [0, 0.1) is 5.92 Å². The van der Waals surface area contributed by atoms with Gasteiger partial charge in [-0.15, -0.1) is 10.2 Å². The molecule has 1 aromatic heterocycles. The van der Waals surface area contributed by atoms with Crippen molar-refractivity contribution in [1.82, 2.24) is 10.2 Å². The van der Waals surface area contributed by atoms with Gasteiger partial charge in [-0.2, -0.15) is 0 Å². The van der Waals surface area contributed by atoms with Crippen LogP contribution in [0.3, 0.4) is 0 Å². The molecule has 0 radical (unpaired) electrons. The first kappa shape index (κ1) is 13.6. The highest BCUT2D eigenvalue weighted by Gasteiger charge is 2.17. The highest BCUT2D eigenvalue weighted by Crippen LogP contribution is 2.30. The highest BCUT2D eigenvalue weighted by atomic mass is 32.1. The monoisotopic (exact) mass is 287 g/mol. The van der Waals surface area contributed by atoms with Crippen LogP contribution in [0.5, 0.6) is 0 Å². The Kier molecular flexibility index (Phi) is 4.31. The van der Waals surface area contributed by atoms with Crippen LogP contribution in [0.15, 0.2) is 30.3 Å². The summed E-state index contributed by atoms with van der Waals surface area (Å²) in [7, 11) is 2.14. The third kappa shape index (κ3) is 3.18. The van der Waals surface area contributed by atoms with Crippen LogP contribution in [-0.2, 0) is 0 Å². The zero-order valence-electron chi connectivity index (χ0n) is 12.0. The third-order valence-corrected chi connectivity index (χ3v) is 5.11. The smallest absolute Gasteiger partial charge is 0.208 e. The van der Waals surface area contributed by atoms with Gasteiger partial charge in [0.1, 0.15) is 5.01 Å². The molecule has 4 heteroatoms. The van der Waals surface area contributed by atoms with Crippen molar-refractivity contribution < 1.29 is 0 Å². The molecule has 1 aromatic carbocycles. The van der Waals surface area contributed by atoms with Gasteiger partial charge in [0.15, 0.2) is 0 Å². The summed E-state index contributed by atoms with van der Waals surface area (Å²) in [6, 6.07) is 10.3. The second-order valence-electron chi connectivity index (χ2n) is 5.64. The summed E-state index contributed by atoms with van der Waals surface area (Å²) in [6.07, 6.45) is 6.94. The van der Waals surface area contributed by atoms with Gasteiger partial charge < -0.3 is 4.90 Å². The van der Waals surface area contributed by atoms with Gasteiger partial charge in [-0.3, -0.25) is 0 Å². The van der Waals surface area contributed by atoms with Crippen molar-refractivity contribution in [2.75, 3.05) is 18.5 Å². The number of anilines is 1. The minimum absolute atomic E-state index is 0.831. The van der Waals surface area contributed by atoms with Crippen LogP contribution in [0.4, 0.5) is 5.13 Å². The fraction of sp³-hybridized carbons (Fsp3) is 0.500. The highest BCUT2D eigenvalue weighted by molar-refractivity contribution is 7.18. The van der Waals surface area contributed by atoms with Crippen molar-refractivity contribution in [2.24, 2.45) is 5.92 Å². The molecule has 2 aromatic rings. The first-order chi connectivity index (χ1) is 9.83. The maximum atomic E-state index is 4.35. The van der Waals surface area contributed by atoms with E-state index >= 15 is 0 Å². The Bertz CT molecular complexity index is 532. The molecule has 20 heavy (non-hydrogen) atoms. The number of benzene rings is 1. The second kappa shape index (κ2) is 6.35. The minimum Gasteiger partial charge on any atom is -0.349 e. The lowest BCUT2D eigenvalue weighted by Gasteiger charge is -2.26. The standard InChI is InChI=1S/C16H21N3S/c1-19(12-13-8-4-2-5-9-13)16-18-17-15(20-16)14-10-6-3-7-11-14/h3,6-7,10-11,13H,2,4-5,8-9,12H2,1H3. The summed E-state index contributed by atoms with van der Waals surface area (Å²) in [6.45, 7) is 1.11. The van der Waals surface area contributed by atoms with Gasteiger partial charge in [-0.05, 0) is 18.8 Å². The molecule has 1 aliphatic rings. The van der Waals surface area contributed by atoms with Crippen LogP contribution in [0.25, 0.3) is 10.6 Å². The molecule has 3 rings (SSSR count). The van der Waals surface area contributed by atoms with Crippen molar-refractivity contribution in [3.05, 3.63) is 30.3 Å². The van der Waals surface area contributed by atoms with E-state index in [9.17, 15) is 0 Å². The summed E-state index contributed by atoms with van der Waals surface area (Å²) in [5.74, 6) is 0.831. The molecular formula is C16H21N3S. The zero-order valence-corrected chi connectivity index (χ0v) is 12.8. The molecule has 1 aliphatic carbocycles. The molecule has 0 unspecified atom stereocenters. The fourth-order valence-corrected chi connectivity index (χ4v) is 3.72. The predicted octanol–water partition coefficient (Wildman–Crippen LogP) is 4.22. The Labute approximate surface area is 124 Å². The van der Waals surface area contributed by atoms with E-state index < -0.39 is 0 Å². The summed E-state index contributed by atoms with van der Waals surface area (Å²) < 4.78 is 0. The van der Waals surface area contributed by atoms with Crippen LogP contribution in [0.1, 0.15) is 32.1 Å². The van der Waals surface area contributed by atoms with Gasteiger partial charge in [0.25, 0.3) is 0 Å². The molecule has 1 saturated carbocycles. The SMILES string of the molecule is CN(CC1CCCCC1)c1nnc(-c2ccccc2)s1. The van der Waals surface area contributed by atoms with Crippen molar-refractivity contribution >= 4 is 16.5 Å². The first-order valence-electron chi connectivity index (χ1n) is 7.43. The van der Waals surface area contributed by atoms with Crippen LogP contribution in [0.2, 0.25) is 0 Å². The van der Waals surface area contributed by atoms with Gasteiger partial charge in [-0.25, -0.2) is 0 Å². The van der Waals surface area contributed by atoms with Crippen LogP contribution >= 0.6 is 11.3 Å². The quantitative estimate of drug-likeness (QED) is 0.843. The second-order valence-corrected chi connectivity index (χ2v) is 6.60. The van der Waals surface area contributed by atoms with Gasteiger partial charge in [0.05, 0.1) is 0 Å². The Morgan fingerprint density at radius 3 is 2.60 bits per heavy atom. The van der Waals surface area contributed by atoms with E-state index in [0.29, 0.717) is 0 Å². The number of hydrogen-bond donors (Lipinski definition) is 0. The summed E-state index contributed by atoms with van der Waals surface area (Å²) in [5, 5.41) is 10.7. The Morgan fingerprint density at radius 2 is 1.85 bits per heavy atom. The molecule has 0 saturated heterocycles. The topological polar surface area (TPSA) is 29.0 Å². The molecule has 0 bridgehead atoms. The maximum Gasteiger partial charge on any atom is 0.208 e. The van der Waals surface area contributed by atoms with Gasteiger partial charge in [0.2, 0.25) is 5.13 Å². The van der Waals surface area contributed by atoms with E-state index in [1.54, 1.807) is 11.3 Å². The molecule has 0 aliphatic heterocycles. The van der Waals surface area contributed by atoms with Gasteiger partial charge >= 0.3 is 0 Å². The third-order valence-electron chi connectivity index (χ3n) is 4.02. The number of hydrogen-bond acceptors (Lipinski definition) is 4. The van der Waals surface area contributed by atoms with E-state index in [-0.39, 0.29) is 0 Å². The Hall–Kier alpha value is -1.42. The molecule has 0 N–H and O–H groups in total. The van der Waals surface area contributed by atoms with E-state index in [4.69, 9.17) is 0 Å². The van der Waals surface area contributed by atoms with E-state index in [2.05, 4.69) is 34.3 Å². The largest absolute Gasteiger partial charge is 0.349 e. The van der Waals surface area contributed by atoms with Crippen molar-refractivity contribution in [3.8, 4) is 10.6 Å². The zero-order chi connectivity index (χ0) is 13.8. The summed E-state index contributed by atoms with van der Waals surface area (Å²) >= 11 is 1.69.